The molecule has 1 saturated heterocycles. The quantitative estimate of drug-likeness (QED) is 0.806. The van der Waals surface area contributed by atoms with Crippen LogP contribution in [0.5, 0.6) is 11.5 Å². The number of halogens is 1. The second-order valence-electron chi connectivity index (χ2n) is 5.73. The van der Waals surface area contributed by atoms with Crippen molar-refractivity contribution in [1.82, 2.24) is 10.6 Å². The molecule has 4 nitrogen and oxygen atoms in total. The molecule has 1 unspecified atom stereocenters. The highest BCUT2D eigenvalue weighted by Crippen LogP contribution is 2.24. The fourth-order valence-corrected chi connectivity index (χ4v) is 3.55. The number of hydrogen-bond acceptors (Lipinski definition) is 4. The maximum atomic E-state index is 12.2. The number of hydrogen-bond donors (Lipinski definition) is 2. The van der Waals surface area contributed by atoms with Crippen molar-refractivity contribution in [3.05, 3.63) is 60.2 Å². The number of rotatable bonds is 6. The van der Waals surface area contributed by atoms with Crippen molar-refractivity contribution in [3.63, 3.8) is 0 Å². The minimum atomic E-state index is 0. The van der Waals surface area contributed by atoms with E-state index >= 15 is 0 Å². The SMILES string of the molecule is Cl.O=C(CC1CSCCN1)NCc1ccccc1Oc1ccccc1. The number of thioether (sulfide) groups is 1. The van der Waals surface area contributed by atoms with Crippen molar-refractivity contribution in [2.75, 3.05) is 18.1 Å². The summed E-state index contributed by atoms with van der Waals surface area (Å²) in [5, 5.41) is 6.39. The van der Waals surface area contributed by atoms with Crippen molar-refractivity contribution in [2.24, 2.45) is 0 Å². The van der Waals surface area contributed by atoms with Crippen LogP contribution < -0.4 is 15.4 Å². The molecule has 0 aromatic heterocycles. The minimum absolute atomic E-state index is 0. The highest BCUT2D eigenvalue weighted by atomic mass is 35.5. The second-order valence-corrected chi connectivity index (χ2v) is 6.88. The molecular formula is C19H23ClN2O2S. The predicted molar refractivity (Wildman–Crippen MR) is 106 cm³/mol. The summed E-state index contributed by atoms with van der Waals surface area (Å²) in [5.41, 5.74) is 0.973. The summed E-state index contributed by atoms with van der Waals surface area (Å²) >= 11 is 1.90. The molecule has 1 fully saturated rings. The first-order valence-electron chi connectivity index (χ1n) is 8.20. The van der Waals surface area contributed by atoms with E-state index in [1.54, 1.807) is 0 Å². The molecule has 6 heteroatoms. The molecule has 1 aliphatic rings. The van der Waals surface area contributed by atoms with Gasteiger partial charge in [-0.1, -0.05) is 36.4 Å². The van der Waals surface area contributed by atoms with Gasteiger partial charge in [0.1, 0.15) is 11.5 Å². The van der Waals surface area contributed by atoms with Gasteiger partial charge in [-0.15, -0.1) is 12.4 Å². The lowest BCUT2D eigenvalue weighted by molar-refractivity contribution is -0.121. The smallest absolute Gasteiger partial charge is 0.221 e. The van der Waals surface area contributed by atoms with Crippen molar-refractivity contribution in [1.29, 1.82) is 0 Å². The molecule has 0 spiro atoms. The molecule has 1 aliphatic heterocycles. The first-order chi connectivity index (χ1) is 11.8. The van der Waals surface area contributed by atoms with Crippen LogP contribution in [0.25, 0.3) is 0 Å². The Bertz CT molecular complexity index is 663. The topological polar surface area (TPSA) is 50.4 Å². The van der Waals surface area contributed by atoms with Crippen molar-refractivity contribution < 1.29 is 9.53 Å². The molecule has 0 radical (unpaired) electrons. The molecule has 1 heterocycles. The Morgan fingerprint density at radius 3 is 2.68 bits per heavy atom. The molecule has 25 heavy (non-hydrogen) atoms. The molecule has 0 aliphatic carbocycles. The number of carbonyl (C=O) groups excluding carboxylic acids is 1. The number of ether oxygens (including phenoxy) is 1. The standard InChI is InChI=1S/C19H22N2O2S.ClH/c22-19(12-16-14-24-11-10-20-16)21-13-15-6-4-5-9-18(15)23-17-7-2-1-3-8-17;/h1-9,16,20H,10-14H2,(H,21,22);1H. The van der Waals surface area contributed by atoms with E-state index in [-0.39, 0.29) is 24.4 Å². The second kappa shape index (κ2) is 10.3. The van der Waals surface area contributed by atoms with Gasteiger partial charge < -0.3 is 15.4 Å². The Balaban J connectivity index is 0.00000225. The molecule has 0 bridgehead atoms. The van der Waals surface area contributed by atoms with Crippen LogP contribution in [0.2, 0.25) is 0 Å². The van der Waals surface area contributed by atoms with Crippen LogP contribution in [-0.4, -0.2) is 30.0 Å². The third kappa shape index (κ3) is 6.27. The Kier molecular flexibility index (Phi) is 8.12. The van der Waals surface area contributed by atoms with Crippen LogP contribution >= 0.6 is 24.2 Å². The monoisotopic (exact) mass is 378 g/mol. The molecule has 0 saturated carbocycles. The fourth-order valence-electron chi connectivity index (χ4n) is 2.61. The van der Waals surface area contributed by atoms with E-state index in [1.165, 1.54) is 0 Å². The van der Waals surface area contributed by atoms with Crippen LogP contribution in [0.1, 0.15) is 12.0 Å². The summed E-state index contributed by atoms with van der Waals surface area (Å²) < 4.78 is 5.92. The zero-order chi connectivity index (χ0) is 16.6. The Hall–Kier alpha value is -1.69. The first-order valence-corrected chi connectivity index (χ1v) is 9.35. The number of nitrogens with one attached hydrogen (secondary N) is 2. The van der Waals surface area contributed by atoms with E-state index < -0.39 is 0 Å². The number of para-hydroxylation sites is 2. The van der Waals surface area contributed by atoms with Crippen LogP contribution in [0.4, 0.5) is 0 Å². The van der Waals surface area contributed by atoms with Crippen LogP contribution in [0.15, 0.2) is 54.6 Å². The average molecular weight is 379 g/mol. The fraction of sp³-hybridized carbons (Fsp3) is 0.316. The van der Waals surface area contributed by atoms with E-state index in [0.717, 1.165) is 35.1 Å². The summed E-state index contributed by atoms with van der Waals surface area (Å²) in [5.74, 6) is 3.77. The number of carbonyl (C=O) groups is 1. The predicted octanol–water partition coefficient (Wildman–Crippen LogP) is 3.61. The van der Waals surface area contributed by atoms with Crippen LogP contribution in [0.3, 0.4) is 0 Å². The Morgan fingerprint density at radius 1 is 1.16 bits per heavy atom. The van der Waals surface area contributed by atoms with Gasteiger partial charge in [-0.3, -0.25) is 4.79 Å². The lowest BCUT2D eigenvalue weighted by Crippen LogP contribution is -2.41. The minimum Gasteiger partial charge on any atom is -0.457 e. The number of amides is 1. The van der Waals surface area contributed by atoms with E-state index in [4.69, 9.17) is 4.74 Å². The van der Waals surface area contributed by atoms with E-state index in [1.807, 2.05) is 66.4 Å². The highest BCUT2D eigenvalue weighted by Gasteiger charge is 2.16. The first kappa shape index (κ1) is 19.6. The zero-order valence-corrected chi connectivity index (χ0v) is 15.6. The molecular weight excluding hydrogens is 356 g/mol. The van der Waals surface area contributed by atoms with Crippen LogP contribution in [0, 0.1) is 0 Å². The maximum Gasteiger partial charge on any atom is 0.221 e. The van der Waals surface area contributed by atoms with Gasteiger partial charge in [0.2, 0.25) is 5.91 Å². The molecule has 3 rings (SSSR count). The lowest BCUT2D eigenvalue weighted by Gasteiger charge is -2.22. The lowest BCUT2D eigenvalue weighted by atomic mass is 10.2. The van der Waals surface area contributed by atoms with Crippen molar-refractivity contribution in [3.8, 4) is 11.5 Å². The summed E-state index contributed by atoms with van der Waals surface area (Å²) in [7, 11) is 0. The van der Waals surface area contributed by atoms with Gasteiger partial charge in [0, 0.05) is 42.6 Å². The summed E-state index contributed by atoms with van der Waals surface area (Å²) in [6.07, 6.45) is 0.523. The summed E-state index contributed by atoms with van der Waals surface area (Å²) in [6.45, 7) is 1.46. The van der Waals surface area contributed by atoms with Gasteiger partial charge >= 0.3 is 0 Å². The van der Waals surface area contributed by atoms with Gasteiger partial charge in [0.25, 0.3) is 0 Å². The zero-order valence-electron chi connectivity index (χ0n) is 13.9. The van der Waals surface area contributed by atoms with Gasteiger partial charge in [-0.05, 0) is 18.2 Å². The van der Waals surface area contributed by atoms with Crippen molar-refractivity contribution in [2.45, 2.75) is 19.0 Å². The molecule has 1 atom stereocenters. The van der Waals surface area contributed by atoms with E-state index in [2.05, 4.69) is 10.6 Å². The average Bonchev–Trinajstić information content (AvgIpc) is 2.63. The van der Waals surface area contributed by atoms with Crippen molar-refractivity contribution >= 4 is 30.1 Å². The maximum absolute atomic E-state index is 12.2. The van der Waals surface area contributed by atoms with Gasteiger partial charge in [0.15, 0.2) is 0 Å². The van der Waals surface area contributed by atoms with Gasteiger partial charge in [-0.25, -0.2) is 0 Å². The Morgan fingerprint density at radius 2 is 1.92 bits per heavy atom. The van der Waals surface area contributed by atoms with Crippen LogP contribution in [-0.2, 0) is 11.3 Å². The number of benzene rings is 2. The largest absolute Gasteiger partial charge is 0.457 e. The van der Waals surface area contributed by atoms with E-state index in [0.29, 0.717) is 13.0 Å². The van der Waals surface area contributed by atoms with E-state index in [9.17, 15) is 4.79 Å². The van der Waals surface area contributed by atoms with Gasteiger partial charge in [-0.2, -0.15) is 11.8 Å². The molecule has 2 N–H and O–H groups in total. The third-order valence-electron chi connectivity index (χ3n) is 3.85. The summed E-state index contributed by atoms with van der Waals surface area (Å²) in [6, 6.07) is 17.7. The molecule has 134 valence electrons. The Labute approximate surface area is 159 Å². The summed E-state index contributed by atoms with van der Waals surface area (Å²) in [4.78, 5) is 12.2. The molecule has 2 aromatic carbocycles. The van der Waals surface area contributed by atoms with Gasteiger partial charge in [0.05, 0.1) is 0 Å². The molecule has 1 amide bonds. The normalized spacial score (nSPS) is 16.6. The molecule has 2 aromatic rings. The third-order valence-corrected chi connectivity index (χ3v) is 4.98. The highest BCUT2D eigenvalue weighted by molar-refractivity contribution is 7.99.